The van der Waals surface area contributed by atoms with Crippen molar-refractivity contribution < 1.29 is 9.59 Å². The first kappa shape index (κ1) is 20.8. The van der Waals surface area contributed by atoms with Crippen LogP contribution in [0.2, 0.25) is 5.02 Å². The van der Waals surface area contributed by atoms with E-state index in [9.17, 15) is 9.59 Å². The normalized spacial score (nSPS) is 16.8. The molecule has 1 fully saturated rings. The average molecular weight is 420 g/mol. The van der Waals surface area contributed by atoms with Gasteiger partial charge in [-0.15, -0.1) is 11.3 Å². The number of hydrogen-bond donors (Lipinski definition) is 1. The van der Waals surface area contributed by atoms with Gasteiger partial charge in [0.05, 0.1) is 17.1 Å². The summed E-state index contributed by atoms with van der Waals surface area (Å²) in [5.41, 5.74) is 1.78. The maximum Gasteiger partial charge on any atom is 0.228 e. The maximum absolute atomic E-state index is 12.6. The number of piperidine rings is 1. The number of halogens is 1. The molecule has 0 aliphatic carbocycles. The Morgan fingerprint density at radius 2 is 2.18 bits per heavy atom. The Balaban J connectivity index is 1.41. The molecule has 1 aromatic heterocycles. The summed E-state index contributed by atoms with van der Waals surface area (Å²) in [6.07, 6.45) is 3.71. The molecule has 1 saturated heterocycles. The lowest BCUT2D eigenvalue weighted by Gasteiger charge is -2.32. The van der Waals surface area contributed by atoms with Crippen LogP contribution in [0.4, 0.5) is 0 Å². The van der Waals surface area contributed by atoms with Gasteiger partial charge in [0.25, 0.3) is 0 Å². The summed E-state index contributed by atoms with van der Waals surface area (Å²) in [7, 11) is 0. The van der Waals surface area contributed by atoms with Crippen LogP contribution in [0.15, 0.2) is 29.6 Å². The van der Waals surface area contributed by atoms with Crippen molar-refractivity contribution in [3.8, 4) is 0 Å². The zero-order valence-electron chi connectivity index (χ0n) is 16.1. The molecule has 5 nitrogen and oxygen atoms in total. The van der Waals surface area contributed by atoms with Crippen molar-refractivity contribution in [2.24, 2.45) is 5.92 Å². The number of likely N-dealkylation sites (tertiary alicyclic amines) is 1. The van der Waals surface area contributed by atoms with Crippen molar-refractivity contribution in [2.75, 3.05) is 13.1 Å². The van der Waals surface area contributed by atoms with E-state index in [1.165, 1.54) is 0 Å². The van der Waals surface area contributed by atoms with E-state index in [1.807, 2.05) is 41.5 Å². The van der Waals surface area contributed by atoms with Gasteiger partial charge in [-0.05, 0) is 43.7 Å². The molecule has 28 heavy (non-hydrogen) atoms. The second-order valence-corrected chi connectivity index (χ2v) is 8.76. The van der Waals surface area contributed by atoms with E-state index in [2.05, 4.69) is 10.3 Å². The van der Waals surface area contributed by atoms with Crippen LogP contribution in [0.1, 0.15) is 41.9 Å². The van der Waals surface area contributed by atoms with Gasteiger partial charge in [-0.25, -0.2) is 4.98 Å². The SMILES string of the molecule is Cc1nc(CC(=O)N2CCC[C@@H](CCC(=O)NCc3ccccc3Cl)C2)cs1. The quantitative estimate of drug-likeness (QED) is 0.738. The average Bonchev–Trinajstić information content (AvgIpc) is 3.10. The van der Waals surface area contributed by atoms with E-state index in [0.717, 1.165) is 48.6 Å². The molecular weight excluding hydrogens is 394 g/mol. The summed E-state index contributed by atoms with van der Waals surface area (Å²) < 4.78 is 0. The Labute approximate surface area is 175 Å². The van der Waals surface area contributed by atoms with Gasteiger partial charge in [-0.3, -0.25) is 9.59 Å². The van der Waals surface area contributed by atoms with E-state index in [0.29, 0.717) is 30.3 Å². The smallest absolute Gasteiger partial charge is 0.228 e. The first-order valence-electron chi connectivity index (χ1n) is 9.70. The highest BCUT2D eigenvalue weighted by Crippen LogP contribution is 2.22. The predicted octanol–water partition coefficient (Wildman–Crippen LogP) is 3.98. The van der Waals surface area contributed by atoms with Crippen LogP contribution in [0.5, 0.6) is 0 Å². The van der Waals surface area contributed by atoms with Crippen molar-refractivity contribution in [1.82, 2.24) is 15.2 Å². The van der Waals surface area contributed by atoms with Crippen LogP contribution in [0.25, 0.3) is 0 Å². The molecule has 7 heteroatoms. The number of rotatable bonds is 7. The molecular formula is C21H26ClN3O2S. The molecule has 1 aliphatic rings. The lowest BCUT2D eigenvalue weighted by atomic mass is 9.93. The summed E-state index contributed by atoms with van der Waals surface area (Å²) >= 11 is 7.69. The summed E-state index contributed by atoms with van der Waals surface area (Å²) in [5.74, 6) is 0.542. The summed E-state index contributed by atoms with van der Waals surface area (Å²) in [4.78, 5) is 31.1. The van der Waals surface area contributed by atoms with Crippen molar-refractivity contribution in [1.29, 1.82) is 0 Å². The van der Waals surface area contributed by atoms with Gasteiger partial charge in [0.15, 0.2) is 0 Å². The van der Waals surface area contributed by atoms with E-state index in [4.69, 9.17) is 11.6 Å². The molecule has 2 amide bonds. The van der Waals surface area contributed by atoms with Crippen LogP contribution in [-0.2, 0) is 22.6 Å². The first-order valence-corrected chi connectivity index (χ1v) is 11.0. The number of aryl methyl sites for hydroxylation is 1. The Bertz CT molecular complexity index is 823. The number of aromatic nitrogens is 1. The van der Waals surface area contributed by atoms with Gasteiger partial charge in [0.1, 0.15) is 0 Å². The molecule has 1 N–H and O–H groups in total. The second-order valence-electron chi connectivity index (χ2n) is 7.29. The fourth-order valence-corrected chi connectivity index (χ4v) is 4.36. The zero-order valence-corrected chi connectivity index (χ0v) is 17.7. The van der Waals surface area contributed by atoms with E-state index >= 15 is 0 Å². The van der Waals surface area contributed by atoms with Crippen LogP contribution in [0, 0.1) is 12.8 Å². The third kappa shape index (κ3) is 6.04. The van der Waals surface area contributed by atoms with Crippen molar-refractivity contribution in [2.45, 2.75) is 45.6 Å². The van der Waals surface area contributed by atoms with Crippen LogP contribution in [-0.4, -0.2) is 34.8 Å². The second kappa shape index (κ2) is 10.0. The molecule has 1 aromatic carbocycles. The lowest BCUT2D eigenvalue weighted by molar-refractivity contribution is -0.132. The fourth-order valence-electron chi connectivity index (χ4n) is 3.54. The molecule has 150 valence electrons. The van der Waals surface area contributed by atoms with E-state index in [-0.39, 0.29) is 11.8 Å². The minimum absolute atomic E-state index is 0.0290. The molecule has 3 rings (SSSR count). The molecule has 0 bridgehead atoms. The molecule has 1 aliphatic heterocycles. The third-order valence-corrected chi connectivity index (χ3v) is 6.28. The molecule has 2 aromatic rings. The molecule has 0 radical (unpaired) electrons. The number of hydrogen-bond acceptors (Lipinski definition) is 4. The molecule has 0 spiro atoms. The van der Waals surface area contributed by atoms with Crippen LogP contribution < -0.4 is 5.32 Å². The van der Waals surface area contributed by atoms with Crippen molar-refractivity contribution in [3.05, 3.63) is 50.9 Å². The van der Waals surface area contributed by atoms with Gasteiger partial charge in [-0.2, -0.15) is 0 Å². The molecule has 0 saturated carbocycles. The van der Waals surface area contributed by atoms with Crippen molar-refractivity contribution >= 4 is 34.8 Å². The Hall–Kier alpha value is -1.92. The Morgan fingerprint density at radius 1 is 1.36 bits per heavy atom. The topological polar surface area (TPSA) is 62.3 Å². The van der Waals surface area contributed by atoms with Gasteiger partial charge in [0.2, 0.25) is 11.8 Å². The number of nitrogens with zero attached hydrogens (tertiary/aromatic N) is 2. The van der Waals surface area contributed by atoms with Crippen molar-refractivity contribution in [3.63, 3.8) is 0 Å². The number of carbonyl (C=O) groups is 2. The third-order valence-electron chi connectivity index (χ3n) is 5.08. The monoisotopic (exact) mass is 419 g/mol. The molecule has 2 heterocycles. The van der Waals surface area contributed by atoms with Crippen LogP contribution >= 0.6 is 22.9 Å². The number of benzene rings is 1. The minimum Gasteiger partial charge on any atom is -0.352 e. The number of thiazole rings is 1. The Morgan fingerprint density at radius 3 is 2.93 bits per heavy atom. The Kier molecular flexibility index (Phi) is 7.45. The zero-order chi connectivity index (χ0) is 19.9. The summed E-state index contributed by atoms with van der Waals surface area (Å²) in [6.45, 7) is 3.93. The number of carbonyl (C=O) groups excluding carboxylic acids is 2. The minimum atomic E-state index is 0.0290. The highest BCUT2D eigenvalue weighted by molar-refractivity contribution is 7.09. The lowest BCUT2D eigenvalue weighted by Crippen LogP contribution is -2.41. The highest BCUT2D eigenvalue weighted by Gasteiger charge is 2.24. The number of amides is 2. The fraction of sp³-hybridized carbons (Fsp3) is 0.476. The van der Waals surface area contributed by atoms with Gasteiger partial charge in [0, 0.05) is 36.5 Å². The maximum atomic E-state index is 12.6. The van der Waals surface area contributed by atoms with E-state index in [1.54, 1.807) is 11.3 Å². The predicted molar refractivity (Wildman–Crippen MR) is 112 cm³/mol. The van der Waals surface area contributed by atoms with Gasteiger partial charge < -0.3 is 10.2 Å². The summed E-state index contributed by atoms with van der Waals surface area (Å²) in [5, 5.41) is 6.55. The first-order chi connectivity index (χ1) is 13.5. The largest absolute Gasteiger partial charge is 0.352 e. The number of nitrogens with one attached hydrogen (secondary N) is 1. The van der Waals surface area contributed by atoms with Gasteiger partial charge >= 0.3 is 0 Å². The standard InChI is InChI=1S/C21H26ClN3O2S/c1-15-24-18(14-28-15)11-21(27)25-10-4-5-16(13-25)8-9-20(26)23-12-17-6-2-3-7-19(17)22/h2-3,6-7,14,16H,4-5,8-13H2,1H3,(H,23,26)/t16-/m0/s1. The molecule has 1 atom stereocenters. The van der Waals surface area contributed by atoms with Crippen LogP contribution in [0.3, 0.4) is 0 Å². The molecule has 0 unspecified atom stereocenters. The summed E-state index contributed by atoms with van der Waals surface area (Å²) in [6, 6.07) is 7.52. The highest BCUT2D eigenvalue weighted by atomic mass is 35.5. The van der Waals surface area contributed by atoms with E-state index < -0.39 is 0 Å². The van der Waals surface area contributed by atoms with Gasteiger partial charge in [-0.1, -0.05) is 29.8 Å².